The summed E-state index contributed by atoms with van der Waals surface area (Å²) in [6.07, 6.45) is 3.66. The average molecular weight is 227 g/mol. The number of anilines is 1. The Balaban J connectivity index is 1.95. The van der Waals surface area contributed by atoms with Crippen LogP contribution in [-0.4, -0.2) is 21.3 Å². The van der Waals surface area contributed by atoms with Gasteiger partial charge in [0, 0.05) is 24.6 Å². The first kappa shape index (κ1) is 11.1. The molecule has 17 heavy (non-hydrogen) atoms. The molecular weight excluding hydrogens is 214 g/mol. The summed E-state index contributed by atoms with van der Waals surface area (Å²) in [4.78, 5) is 4.31. The number of aryl methyl sites for hydroxylation is 1. The van der Waals surface area contributed by atoms with Crippen LogP contribution in [0.4, 0.5) is 5.82 Å². The van der Waals surface area contributed by atoms with E-state index in [9.17, 15) is 0 Å². The molecule has 0 amide bonds. The number of nitriles is 1. The molecule has 0 bridgehead atoms. The lowest BCUT2D eigenvalue weighted by atomic mass is 10.2. The molecule has 0 aromatic carbocycles. The highest BCUT2D eigenvalue weighted by molar-refractivity contribution is 5.44. The molecule has 5 nitrogen and oxygen atoms in total. The fourth-order valence-electron chi connectivity index (χ4n) is 1.55. The molecule has 0 saturated carbocycles. The van der Waals surface area contributed by atoms with Crippen LogP contribution < -0.4 is 5.32 Å². The van der Waals surface area contributed by atoms with Crippen LogP contribution in [0.5, 0.6) is 0 Å². The molecule has 5 heteroatoms. The van der Waals surface area contributed by atoms with Crippen molar-refractivity contribution in [1.29, 1.82) is 5.26 Å². The van der Waals surface area contributed by atoms with Crippen molar-refractivity contribution in [2.24, 2.45) is 0 Å². The van der Waals surface area contributed by atoms with Crippen LogP contribution in [0.1, 0.15) is 11.3 Å². The van der Waals surface area contributed by atoms with Gasteiger partial charge in [0.25, 0.3) is 0 Å². The van der Waals surface area contributed by atoms with Gasteiger partial charge in [0.2, 0.25) is 0 Å². The van der Waals surface area contributed by atoms with Crippen molar-refractivity contribution < 1.29 is 0 Å². The second kappa shape index (κ2) is 5.12. The summed E-state index contributed by atoms with van der Waals surface area (Å²) in [6, 6.07) is 7.51. The van der Waals surface area contributed by atoms with Gasteiger partial charge < -0.3 is 5.32 Å². The molecule has 1 N–H and O–H groups in total. The summed E-state index contributed by atoms with van der Waals surface area (Å²) in [6.45, 7) is 3.37. The number of pyridine rings is 1. The van der Waals surface area contributed by atoms with Crippen LogP contribution in [0, 0.1) is 18.3 Å². The van der Waals surface area contributed by atoms with E-state index >= 15 is 0 Å². The molecule has 2 heterocycles. The Labute approximate surface area is 99.7 Å². The van der Waals surface area contributed by atoms with E-state index in [1.165, 1.54) is 0 Å². The number of hydrogen-bond donors (Lipinski definition) is 1. The summed E-state index contributed by atoms with van der Waals surface area (Å²) in [5.74, 6) is 0.730. The maximum Gasteiger partial charge on any atom is 0.127 e. The lowest BCUT2D eigenvalue weighted by Gasteiger charge is -2.06. The van der Waals surface area contributed by atoms with Crippen molar-refractivity contribution in [3.05, 3.63) is 41.9 Å². The van der Waals surface area contributed by atoms with Gasteiger partial charge in [0.15, 0.2) is 0 Å². The van der Waals surface area contributed by atoms with Crippen LogP contribution in [0.25, 0.3) is 0 Å². The van der Waals surface area contributed by atoms with Crippen molar-refractivity contribution in [3.8, 4) is 6.07 Å². The van der Waals surface area contributed by atoms with E-state index in [4.69, 9.17) is 5.26 Å². The maximum absolute atomic E-state index is 8.84. The Morgan fingerprint density at radius 2 is 2.35 bits per heavy atom. The molecule has 0 saturated heterocycles. The Bertz CT molecular complexity index is 524. The van der Waals surface area contributed by atoms with Gasteiger partial charge in [-0.2, -0.15) is 10.4 Å². The Morgan fingerprint density at radius 1 is 1.47 bits per heavy atom. The summed E-state index contributed by atoms with van der Waals surface area (Å²) in [7, 11) is 0. The third-order valence-corrected chi connectivity index (χ3v) is 2.29. The highest BCUT2D eigenvalue weighted by Gasteiger charge is 1.99. The van der Waals surface area contributed by atoms with Gasteiger partial charge >= 0.3 is 0 Å². The van der Waals surface area contributed by atoms with Crippen LogP contribution >= 0.6 is 0 Å². The summed E-state index contributed by atoms with van der Waals surface area (Å²) < 4.78 is 1.84. The lowest BCUT2D eigenvalue weighted by Crippen LogP contribution is -2.12. The zero-order chi connectivity index (χ0) is 12.1. The normalized spacial score (nSPS) is 9.88. The van der Waals surface area contributed by atoms with E-state index in [-0.39, 0.29) is 0 Å². The highest BCUT2D eigenvalue weighted by atomic mass is 15.3. The molecule has 0 aliphatic carbocycles. The minimum absolute atomic E-state index is 0.624. The standard InChI is InChI=1S/C12H13N5/c1-10-7-11(9-13)8-12(16-10)14-4-6-17-5-2-3-15-17/h2-3,5,7-8H,4,6H2,1H3,(H,14,16). The largest absolute Gasteiger partial charge is 0.368 e. The number of hydrogen-bond acceptors (Lipinski definition) is 4. The highest BCUT2D eigenvalue weighted by Crippen LogP contribution is 2.08. The van der Waals surface area contributed by atoms with E-state index in [2.05, 4.69) is 21.5 Å². The molecule has 2 aromatic rings. The quantitative estimate of drug-likeness (QED) is 0.861. The molecule has 0 radical (unpaired) electrons. The SMILES string of the molecule is Cc1cc(C#N)cc(NCCn2cccn2)n1. The van der Waals surface area contributed by atoms with Gasteiger partial charge in [-0.1, -0.05) is 0 Å². The summed E-state index contributed by atoms with van der Waals surface area (Å²) >= 11 is 0. The molecule has 0 aliphatic rings. The monoisotopic (exact) mass is 227 g/mol. The fraction of sp³-hybridized carbons (Fsp3) is 0.250. The van der Waals surface area contributed by atoms with Crippen molar-refractivity contribution >= 4 is 5.82 Å². The molecule has 0 aliphatic heterocycles. The van der Waals surface area contributed by atoms with Gasteiger partial charge in [0.1, 0.15) is 5.82 Å². The zero-order valence-electron chi connectivity index (χ0n) is 9.59. The second-order valence-corrected chi connectivity index (χ2v) is 3.69. The van der Waals surface area contributed by atoms with Crippen molar-refractivity contribution in [2.75, 3.05) is 11.9 Å². The van der Waals surface area contributed by atoms with E-state index in [1.54, 1.807) is 18.3 Å². The van der Waals surface area contributed by atoms with E-state index in [0.717, 1.165) is 24.6 Å². The minimum Gasteiger partial charge on any atom is -0.368 e. The third-order valence-electron chi connectivity index (χ3n) is 2.29. The second-order valence-electron chi connectivity index (χ2n) is 3.69. The number of rotatable bonds is 4. The molecular formula is C12H13N5. The van der Waals surface area contributed by atoms with Crippen molar-refractivity contribution in [2.45, 2.75) is 13.5 Å². The topological polar surface area (TPSA) is 66.5 Å². The first-order valence-corrected chi connectivity index (χ1v) is 5.38. The molecule has 86 valence electrons. The Morgan fingerprint density at radius 3 is 3.06 bits per heavy atom. The first-order chi connectivity index (χ1) is 8.28. The average Bonchev–Trinajstić information content (AvgIpc) is 2.81. The number of nitrogens with zero attached hydrogens (tertiary/aromatic N) is 4. The molecule has 0 atom stereocenters. The molecule has 2 aromatic heterocycles. The first-order valence-electron chi connectivity index (χ1n) is 5.38. The van der Waals surface area contributed by atoms with Crippen LogP contribution in [0.2, 0.25) is 0 Å². The smallest absolute Gasteiger partial charge is 0.127 e. The van der Waals surface area contributed by atoms with E-state index in [0.29, 0.717) is 5.56 Å². The summed E-state index contributed by atoms with van der Waals surface area (Å²) in [5, 5.41) is 16.1. The molecule has 0 fully saturated rings. The van der Waals surface area contributed by atoms with Crippen LogP contribution in [0.3, 0.4) is 0 Å². The lowest BCUT2D eigenvalue weighted by molar-refractivity contribution is 0.637. The van der Waals surface area contributed by atoms with Crippen LogP contribution in [-0.2, 0) is 6.54 Å². The van der Waals surface area contributed by atoms with Gasteiger partial charge in [-0.05, 0) is 25.1 Å². The molecule has 0 unspecified atom stereocenters. The van der Waals surface area contributed by atoms with E-state index < -0.39 is 0 Å². The van der Waals surface area contributed by atoms with E-state index in [1.807, 2.05) is 23.9 Å². The number of nitrogens with one attached hydrogen (secondary N) is 1. The predicted octanol–water partition coefficient (Wildman–Crippen LogP) is 1.57. The molecule has 2 rings (SSSR count). The van der Waals surface area contributed by atoms with Crippen molar-refractivity contribution in [1.82, 2.24) is 14.8 Å². The van der Waals surface area contributed by atoms with Gasteiger partial charge in [-0.15, -0.1) is 0 Å². The zero-order valence-corrected chi connectivity index (χ0v) is 9.59. The Kier molecular flexibility index (Phi) is 3.36. The van der Waals surface area contributed by atoms with Gasteiger partial charge in [-0.3, -0.25) is 4.68 Å². The maximum atomic E-state index is 8.84. The Hall–Kier alpha value is -2.35. The number of aromatic nitrogens is 3. The fourth-order valence-corrected chi connectivity index (χ4v) is 1.55. The van der Waals surface area contributed by atoms with Gasteiger partial charge in [-0.25, -0.2) is 4.98 Å². The predicted molar refractivity (Wildman–Crippen MR) is 64.4 cm³/mol. The summed E-state index contributed by atoms with van der Waals surface area (Å²) in [5.41, 5.74) is 1.46. The third kappa shape index (κ3) is 3.05. The van der Waals surface area contributed by atoms with Gasteiger partial charge in [0.05, 0.1) is 18.2 Å². The van der Waals surface area contributed by atoms with Crippen molar-refractivity contribution in [3.63, 3.8) is 0 Å². The minimum atomic E-state index is 0.624. The van der Waals surface area contributed by atoms with Crippen LogP contribution in [0.15, 0.2) is 30.6 Å². The molecule has 0 spiro atoms.